The van der Waals surface area contributed by atoms with E-state index in [1.165, 1.54) is 48.8 Å². The molecule has 0 spiro atoms. The molecule has 0 amide bonds. The van der Waals surface area contributed by atoms with Crippen molar-refractivity contribution < 1.29 is 0 Å². The lowest BCUT2D eigenvalue weighted by Gasteiger charge is -2.24. The van der Waals surface area contributed by atoms with Crippen molar-refractivity contribution in [2.45, 2.75) is 51.0 Å². The molecule has 1 saturated carbocycles. The van der Waals surface area contributed by atoms with Gasteiger partial charge in [0.2, 0.25) is 0 Å². The van der Waals surface area contributed by atoms with Gasteiger partial charge in [0.25, 0.3) is 0 Å². The highest BCUT2D eigenvalue weighted by Gasteiger charge is 2.14. The zero-order chi connectivity index (χ0) is 14.5. The molecule has 0 aliphatic heterocycles. The third kappa shape index (κ3) is 3.96. The molecule has 2 heteroatoms. The van der Waals surface area contributed by atoms with Gasteiger partial charge in [0.15, 0.2) is 0 Å². The van der Waals surface area contributed by atoms with Crippen molar-refractivity contribution in [1.82, 2.24) is 5.32 Å². The first-order valence-electron chi connectivity index (χ1n) is 8.19. The summed E-state index contributed by atoms with van der Waals surface area (Å²) in [6, 6.07) is 12.0. The summed E-state index contributed by atoms with van der Waals surface area (Å²) in [6.45, 7) is 3.43. The van der Waals surface area contributed by atoms with Crippen LogP contribution in [0, 0.1) is 0 Å². The van der Waals surface area contributed by atoms with E-state index in [4.69, 9.17) is 0 Å². The Kier molecular flexibility index (Phi) is 5.10. The van der Waals surface area contributed by atoms with Crippen LogP contribution in [0.15, 0.2) is 41.1 Å². The molecule has 21 heavy (non-hydrogen) atoms. The first-order valence-corrected chi connectivity index (χ1v) is 9.13. The molecule has 1 nitrogen and oxygen atoms in total. The number of nitrogens with one attached hydrogen (secondary N) is 1. The summed E-state index contributed by atoms with van der Waals surface area (Å²) in [7, 11) is 0. The van der Waals surface area contributed by atoms with Crippen LogP contribution in [0.4, 0.5) is 0 Å². The molecule has 1 aromatic heterocycles. The fourth-order valence-corrected chi connectivity index (χ4v) is 3.87. The quantitative estimate of drug-likeness (QED) is 0.775. The van der Waals surface area contributed by atoms with E-state index in [1.807, 2.05) is 0 Å². The molecule has 1 atom stereocenters. The van der Waals surface area contributed by atoms with E-state index in [1.54, 1.807) is 11.3 Å². The summed E-state index contributed by atoms with van der Waals surface area (Å²) in [5.41, 5.74) is 4.10. The molecule has 1 aliphatic carbocycles. The molecule has 1 heterocycles. The monoisotopic (exact) mass is 299 g/mol. The number of hydrogen-bond donors (Lipinski definition) is 1. The molecular weight excluding hydrogens is 274 g/mol. The standard InChI is InChI=1S/C19H25NS/c1-15(13-20-19-5-3-2-4-6-19)16-7-9-17(10-8-16)18-11-12-21-14-18/h7-12,14-15,19-20H,2-6,13H2,1H3. The van der Waals surface area contributed by atoms with Crippen molar-refractivity contribution in [3.05, 3.63) is 46.7 Å². The highest BCUT2D eigenvalue weighted by Crippen LogP contribution is 2.25. The second-order valence-corrected chi connectivity index (χ2v) is 7.06. The lowest BCUT2D eigenvalue weighted by molar-refractivity contribution is 0.367. The smallest absolute Gasteiger partial charge is 0.00673 e. The average molecular weight is 299 g/mol. The molecule has 1 aliphatic rings. The Hall–Kier alpha value is -1.12. The van der Waals surface area contributed by atoms with Crippen molar-refractivity contribution in [2.75, 3.05) is 6.54 Å². The van der Waals surface area contributed by atoms with E-state index in [2.05, 4.69) is 53.3 Å². The SMILES string of the molecule is CC(CNC1CCCCC1)c1ccc(-c2ccsc2)cc1. The van der Waals surface area contributed by atoms with E-state index < -0.39 is 0 Å². The van der Waals surface area contributed by atoms with Crippen LogP contribution >= 0.6 is 11.3 Å². The molecule has 1 aromatic carbocycles. The first-order chi connectivity index (χ1) is 10.3. The second-order valence-electron chi connectivity index (χ2n) is 6.28. The minimum absolute atomic E-state index is 0.587. The molecule has 2 aromatic rings. The second kappa shape index (κ2) is 7.24. The van der Waals surface area contributed by atoms with Gasteiger partial charge in [-0.1, -0.05) is 50.5 Å². The first kappa shape index (κ1) is 14.8. The summed E-state index contributed by atoms with van der Waals surface area (Å²) in [6.07, 6.45) is 6.97. The van der Waals surface area contributed by atoms with E-state index in [0.717, 1.165) is 12.6 Å². The topological polar surface area (TPSA) is 12.0 Å². The number of thiophene rings is 1. The molecule has 1 fully saturated rings. The zero-order valence-electron chi connectivity index (χ0n) is 12.8. The van der Waals surface area contributed by atoms with Gasteiger partial charge < -0.3 is 5.32 Å². The maximum absolute atomic E-state index is 3.76. The van der Waals surface area contributed by atoms with Crippen LogP contribution in [-0.2, 0) is 0 Å². The van der Waals surface area contributed by atoms with E-state index in [9.17, 15) is 0 Å². The molecule has 0 saturated heterocycles. The van der Waals surface area contributed by atoms with Crippen LogP contribution in [0.2, 0.25) is 0 Å². The van der Waals surface area contributed by atoms with Gasteiger partial charge in [-0.15, -0.1) is 0 Å². The van der Waals surface area contributed by atoms with Gasteiger partial charge in [-0.05, 0) is 52.3 Å². The summed E-state index contributed by atoms with van der Waals surface area (Å²) < 4.78 is 0. The molecule has 3 rings (SSSR count). The number of hydrogen-bond acceptors (Lipinski definition) is 2. The predicted octanol–water partition coefficient (Wildman–Crippen LogP) is 5.44. The Balaban J connectivity index is 1.55. The number of rotatable bonds is 5. The van der Waals surface area contributed by atoms with Crippen LogP contribution in [0.5, 0.6) is 0 Å². The maximum Gasteiger partial charge on any atom is 0.00673 e. The van der Waals surface area contributed by atoms with Gasteiger partial charge in [-0.25, -0.2) is 0 Å². The van der Waals surface area contributed by atoms with E-state index >= 15 is 0 Å². The van der Waals surface area contributed by atoms with Crippen LogP contribution in [-0.4, -0.2) is 12.6 Å². The Labute approximate surface area is 132 Å². The molecule has 0 radical (unpaired) electrons. The fraction of sp³-hybridized carbons (Fsp3) is 0.474. The fourth-order valence-electron chi connectivity index (χ4n) is 3.20. The van der Waals surface area contributed by atoms with Gasteiger partial charge in [0.05, 0.1) is 0 Å². The highest BCUT2D eigenvalue weighted by molar-refractivity contribution is 7.08. The Morgan fingerprint density at radius 3 is 2.48 bits per heavy atom. The zero-order valence-corrected chi connectivity index (χ0v) is 13.7. The molecule has 1 N–H and O–H groups in total. The van der Waals surface area contributed by atoms with Crippen molar-refractivity contribution in [1.29, 1.82) is 0 Å². The van der Waals surface area contributed by atoms with E-state index in [-0.39, 0.29) is 0 Å². The Morgan fingerprint density at radius 2 is 1.81 bits per heavy atom. The maximum atomic E-state index is 3.76. The third-order valence-corrected chi connectivity index (χ3v) is 5.34. The van der Waals surface area contributed by atoms with Crippen molar-refractivity contribution >= 4 is 11.3 Å². The van der Waals surface area contributed by atoms with Crippen molar-refractivity contribution in [3.63, 3.8) is 0 Å². The van der Waals surface area contributed by atoms with Crippen LogP contribution < -0.4 is 5.32 Å². The Morgan fingerprint density at radius 1 is 1.05 bits per heavy atom. The van der Waals surface area contributed by atoms with Crippen molar-refractivity contribution in [2.24, 2.45) is 0 Å². The van der Waals surface area contributed by atoms with Crippen LogP contribution in [0.25, 0.3) is 11.1 Å². The normalized spacial score (nSPS) is 17.8. The highest BCUT2D eigenvalue weighted by atomic mass is 32.1. The summed E-state index contributed by atoms with van der Waals surface area (Å²) in [4.78, 5) is 0. The average Bonchev–Trinajstić information content (AvgIpc) is 3.08. The minimum Gasteiger partial charge on any atom is -0.313 e. The minimum atomic E-state index is 0.587. The predicted molar refractivity (Wildman–Crippen MR) is 93.0 cm³/mol. The van der Waals surface area contributed by atoms with Gasteiger partial charge in [-0.2, -0.15) is 11.3 Å². The summed E-state index contributed by atoms with van der Waals surface area (Å²) in [5.74, 6) is 0.587. The Bertz CT molecular complexity index is 523. The molecule has 112 valence electrons. The molecule has 0 bridgehead atoms. The van der Waals surface area contributed by atoms with Gasteiger partial charge in [0.1, 0.15) is 0 Å². The lowest BCUT2D eigenvalue weighted by Crippen LogP contribution is -2.33. The molecule has 1 unspecified atom stereocenters. The van der Waals surface area contributed by atoms with E-state index in [0.29, 0.717) is 5.92 Å². The lowest BCUT2D eigenvalue weighted by atomic mass is 9.94. The van der Waals surface area contributed by atoms with Crippen LogP contribution in [0.1, 0.15) is 50.5 Å². The van der Waals surface area contributed by atoms with Crippen LogP contribution in [0.3, 0.4) is 0 Å². The summed E-state index contributed by atoms with van der Waals surface area (Å²) >= 11 is 1.76. The van der Waals surface area contributed by atoms with Crippen molar-refractivity contribution in [3.8, 4) is 11.1 Å². The van der Waals surface area contributed by atoms with Gasteiger partial charge in [0, 0.05) is 12.6 Å². The number of benzene rings is 1. The molecular formula is C19H25NS. The summed E-state index contributed by atoms with van der Waals surface area (Å²) in [5, 5.41) is 8.11. The third-order valence-electron chi connectivity index (χ3n) is 4.65. The largest absolute Gasteiger partial charge is 0.313 e. The van der Waals surface area contributed by atoms with Gasteiger partial charge >= 0.3 is 0 Å². The van der Waals surface area contributed by atoms with Gasteiger partial charge in [-0.3, -0.25) is 0 Å².